The molecule has 29 heavy (non-hydrogen) atoms. The smallest absolute Gasteiger partial charge is 0.222 e. The number of amides is 1. The zero-order valence-corrected chi connectivity index (χ0v) is 17.6. The van der Waals surface area contributed by atoms with E-state index in [4.69, 9.17) is 14.7 Å². The molecule has 1 amide bonds. The van der Waals surface area contributed by atoms with Crippen LogP contribution >= 0.6 is 0 Å². The van der Waals surface area contributed by atoms with Gasteiger partial charge in [0, 0.05) is 50.3 Å². The number of rotatable bonds is 4. The number of para-hydroxylation sites is 1. The standard InChI is InChI=1S/C23H30N4O2/c1-16-6-4-5-7-21(16)29-22-14-17(2)24-23(25-22)19-8-11-27(15-19)20-9-12-26(13-10-20)18(3)28/h4-7,14,19-20H,8-13,15H2,1-3H3. The summed E-state index contributed by atoms with van der Waals surface area (Å²) in [5, 5.41) is 0. The number of aryl methyl sites for hydroxylation is 2. The van der Waals surface area contributed by atoms with Crippen molar-refractivity contribution < 1.29 is 9.53 Å². The number of carbonyl (C=O) groups is 1. The van der Waals surface area contributed by atoms with Gasteiger partial charge in [0.2, 0.25) is 11.8 Å². The van der Waals surface area contributed by atoms with Crippen molar-refractivity contribution in [2.24, 2.45) is 0 Å². The molecule has 2 fully saturated rings. The van der Waals surface area contributed by atoms with Crippen molar-refractivity contribution in [1.29, 1.82) is 0 Å². The predicted octanol–water partition coefficient (Wildman–Crippen LogP) is 3.69. The van der Waals surface area contributed by atoms with Gasteiger partial charge in [0.25, 0.3) is 0 Å². The summed E-state index contributed by atoms with van der Waals surface area (Å²) in [4.78, 5) is 25.6. The molecule has 1 aromatic heterocycles. The van der Waals surface area contributed by atoms with Gasteiger partial charge >= 0.3 is 0 Å². The molecule has 1 aromatic carbocycles. The lowest BCUT2D eigenvalue weighted by molar-refractivity contribution is -0.130. The Labute approximate surface area is 172 Å². The summed E-state index contributed by atoms with van der Waals surface area (Å²) in [5.41, 5.74) is 2.03. The SMILES string of the molecule is CC(=O)N1CCC(N2CCC(c3nc(C)cc(Oc4ccccc4C)n3)C2)CC1. The van der Waals surface area contributed by atoms with E-state index in [0.29, 0.717) is 17.8 Å². The van der Waals surface area contributed by atoms with E-state index in [0.717, 1.165) is 68.3 Å². The fourth-order valence-electron chi connectivity index (χ4n) is 4.46. The summed E-state index contributed by atoms with van der Waals surface area (Å²) >= 11 is 0. The average Bonchev–Trinajstić information content (AvgIpc) is 3.20. The summed E-state index contributed by atoms with van der Waals surface area (Å²) in [7, 11) is 0. The summed E-state index contributed by atoms with van der Waals surface area (Å²) in [5.74, 6) is 2.87. The quantitative estimate of drug-likeness (QED) is 0.792. The Morgan fingerprint density at radius 3 is 2.55 bits per heavy atom. The molecule has 0 saturated carbocycles. The normalized spacial score (nSPS) is 20.8. The molecule has 6 nitrogen and oxygen atoms in total. The van der Waals surface area contributed by atoms with Crippen LogP contribution in [0.25, 0.3) is 0 Å². The van der Waals surface area contributed by atoms with E-state index in [1.807, 2.05) is 49.1 Å². The minimum absolute atomic E-state index is 0.192. The molecule has 0 spiro atoms. The van der Waals surface area contributed by atoms with Crippen molar-refractivity contribution in [3.05, 3.63) is 47.4 Å². The maximum absolute atomic E-state index is 11.6. The highest BCUT2D eigenvalue weighted by molar-refractivity contribution is 5.73. The summed E-state index contributed by atoms with van der Waals surface area (Å²) in [6, 6.07) is 10.5. The third kappa shape index (κ3) is 4.58. The van der Waals surface area contributed by atoms with Crippen LogP contribution in [0.1, 0.15) is 49.2 Å². The number of hydrogen-bond acceptors (Lipinski definition) is 5. The molecule has 2 aromatic rings. The van der Waals surface area contributed by atoms with E-state index < -0.39 is 0 Å². The Bertz CT molecular complexity index is 877. The van der Waals surface area contributed by atoms with Gasteiger partial charge < -0.3 is 9.64 Å². The zero-order chi connectivity index (χ0) is 20.4. The molecule has 2 aliphatic rings. The summed E-state index contributed by atoms with van der Waals surface area (Å²) < 4.78 is 6.07. The number of piperidine rings is 1. The predicted molar refractivity (Wildman–Crippen MR) is 112 cm³/mol. The van der Waals surface area contributed by atoms with Crippen molar-refractivity contribution in [3.63, 3.8) is 0 Å². The van der Waals surface area contributed by atoms with Gasteiger partial charge in [-0.2, -0.15) is 4.98 Å². The molecule has 0 aliphatic carbocycles. The minimum Gasteiger partial charge on any atom is -0.439 e. The molecule has 0 N–H and O–H groups in total. The molecule has 0 bridgehead atoms. The highest BCUT2D eigenvalue weighted by Gasteiger charge is 2.33. The van der Waals surface area contributed by atoms with E-state index in [-0.39, 0.29) is 5.91 Å². The molecule has 6 heteroatoms. The molecule has 1 unspecified atom stereocenters. The topological polar surface area (TPSA) is 58.6 Å². The lowest BCUT2D eigenvalue weighted by atomic mass is 10.0. The Morgan fingerprint density at radius 1 is 1.07 bits per heavy atom. The van der Waals surface area contributed by atoms with Gasteiger partial charge in [-0.3, -0.25) is 9.69 Å². The minimum atomic E-state index is 0.192. The molecule has 154 valence electrons. The van der Waals surface area contributed by atoms with Crippen LogP contribution in [0.2, 0.25) is 0 Å². The first-order valence-electron chi connectivity index (χ1n) is 10.6. The number of benzene rings is 1. The van der Waals surface area contributed by atoms with E-state index in [9.17, 15) is 4.79 Å². The fourth-order valence-corrected chi connectivity index (χ4v) is 4.46. The Kier molecular flexibility index (Phi) is 5.81. The van der Waals surface area contributed by atoms with Crippen LogP contribution in [0.3, 0.4) is 0 Å². The van der Waals surface area contributed by atoms with E-state index >= 15 is 0 Å². The maximum Gasteiger partial charge on any atom is 0.222 e. The van der Waals surface area contributed by atoms with Crippen LogP contribution in [0.5, 0.6) is 11.6 Å². The van der Waals surface area contributed by atoms with Gasteiger partial charge in [-0.05, 0) is 51.3 Å². The number of likely N-dealkylation sites (tertiary alicyclic amines) is 2. The van der Waals surface area contributed by atoms with Crippen molar-refractivity contribution in [1.82, 2.24) is 19.8 Å². The van der Waals surface area contributed by atoms with Crippen LogP contribution in [0.4, 0.5) is 0 Å². The second kappa shape index (κ2) is 8.49. The van der Waals surface area contributed by atoms with E-state index in [1.54, 1.807) is 6.92 Å². The maximum atomic E-state index is 11.6. The van der Waals surface area contributed by atoms with Crippen molar-refractivity contribution in [3.8, 4) is 11.6 Å². The largest absolute Gasteiger partial charge is 0.439 e. The first-order chi connectivity index (χ1) is 14.0. The number of carbonyl (C=O) groups excluding carboxylic acids is 1. The Morgan fingerprint density at radius 2 is 1.83 bits per heavy atom. The zero-order valence-electron chi connectivity index (χ0n) is 17.6. The van der Waals surface area contributed by atoms with E-state index in [1.165, 1.54) is 0 Å². The van der Waals surface area contributed by atoms with Gasteiger partial charge in [0.1, 0.15) is 11.6 Å². The highest BCUT2D eigenvalue weighted by atomic mass is 16.5. The Hall–Kier alpha value is -2.47. The molecule has 2 saturated heterocycles. The monoisotopic (exact) mass is 394 g/mol. The van der Waals surface area contributed by atoms with Gasteiger partial charge in [0.15, 0.2) is 0 Å². The van der Waals surface area contributed by atoms with Crippen LogP contribution < -0.4 is 4.74 Å². The number of ether oxygens (including phenoxy) is 1. The second-order valence-corrected chi connectivity index (χ2v) is 8.29. The van der Waals surface area contributed by atoms with Crippen LogP contribution in [0, 0.1) is 13.8 Å². The molecule has 0 radical (unpaired) electrons. The van der Waals surface area contributed by atoms with Crippen molar-refractivity contribution >= 4 is 5.91 Å². The van der Waals surface area contributed by atoms with Crippen molar-refractivity contribution in [2.45, 2.75) is 52.0 Å². The van der Waals surface area contributed by atoms with Crippen LogP contribution in [0.15, 0.2) is 30.3 Å². The number of aromatic nitrogens is 2. The fraction of sp³-hybridized carbons (Fsp3) is 0.522. The summed E-state index contributed by atoms with van der Waals surface area (Å²) in [6.07, 6.45) is 3.19. The molecule has 2 aliphatic heterocycles. The van der Waals surface area contributed by atoms with Crippen LogP contribution in [-0.4, -0.2) is 57.9 Å². The van der Waals surface area contributed by atoms with Gasteiger partial charge in [-0.15, -0.1) is 0 Å². The first-order valence-corrected chi connectivity index (χ1v) is 10.6. The molecule has 1 atom stereocenters. The average molecular weight is 395 g/mol. The number of hydrogen-bond donors (Lipinski definition) is 0. The van der Waals surface area contributed by atoms with Gasteiger partial charge in [0.05, 0.1) is 0 Å². The van der Waals surface area contributed by atoms with Gasteiger partial charge in [-0.25, -0.2) is 4.98 Å². The van der Waals surface area contributed by atoms with Gasteiger partial charge in [-0.1, -0.05) is 18.2 Å². The lowest BCUT2D eigenvalue weighted by Crippen LogP contribution is -2.45. The van der Waals surface area contributed by atoms with Crippen molar-refractivity contribution in [2.75, 3.05) is 26.2 Å². The van der Waals surface area contributed by atoms with E-state index in [2.05, 4.69) is 4.90 Å². The highest BCUT2D eigenvalue weighted by Crippen LogP contribution is 2.31. The first kappa shape index (κ1) is 19.8. The Balaban J connectivity index is 1.42. The third-order valence-electron chi connectivity index (χ3n) is 6.17. The second-order valence-electron chi connectivity index (χ2n) is 8.29. The number of nitrogens with zero attached hydrogens (tertiary/aromatic N) is 4. The molecule has 3 heterocycles. The van der Waals surface area contributed by atoms with Crippen LogP contribution in [-0.2, 0) is 4.79 Å². The lowest BCUT2D eigenvalue weighted by Gasteiger charge is -2.36. The summed E-state index contributed by atoms with van der Waals surface area (Å²) in [6.45, 7) is 9.50. The molecule has 4 rings (SSSR count). The third-order valence-corrected chi connectivity index (χ3v) is 6.17. The molecular formula is C23H30N4O2. The molecular weight excluding hydrogens is 364 g/mol.